The summed E-state index contributed by atoms with van der Waals surface area (Å²) in [6.45, 7) is 4.07. The first-order valence-corrected chi connectivity index (χ1v) is 12.6. The SMILES string of the molecule is CC(C)OC(Cc1ccc(Cl)cc1)NC(=O)c1ccc(Oc2cc3c(cc2Cl)C(C(=O)[O-])CCO3)cc1.[Na+]. The summed E-state index contributed by atoms with van der Waals surface area (Å²) in [5, 5.41) is 15.2. The van der Waals surface area contributed by atoms with Crippen LogP contribution in [-0.2, 0) is 16.0 Å². The third-order valence-corrected chi connectivity index (χ3v) is 6.34. The van der Waals surface area contributed by atoms with E-state index in [1.165, 1.54) is 6.07 Å². The molecule has 10 heteroatoms. The van der Waals surface area contributed by atoms with Crippen molar-refractivity contribution in [2.24, 2.45) is 0 Å². The van der Waals surface area contributed by atoms with Gasteiger partial charge in [-0.15, -0.1) is 0 Å². The Labute approximate surface area is 253 Å². The van der Waals surface area contributed by atoms with Crippen molar-refractivity contribution in [1.29, 1.82) is 0 Å². The van der Waals surface area contributed by atoms with E-state index in [-0.39, 0.29) is 53.2 Å². The Balaban J connectivity index is 0.00000400. The maximum absolute atomic E-state index is 12.9. The maximum Gasteiger partial charge on any atom is 1.00 e. The van der Waals surface area contributed by atoms with Crippen LogP contribution in [-0.4, -0.2) is 30.8 Å². The van der Waals surface area contributed by atoms with E-state index in [1.807, 2.05) is 26.0 Å². The number of hydrogen-bond donors (Lipinski definition) is 1. The van der Waals surface area contributed by atoms with E-state index in [2.05, 4.69) is 5.32 Å². The maximum atomic E-state index is 12.9. The predicted molar refractivity (Wildman–Crippen MR) is 138 cm³/mol. The van der Waals surface area contributed by atoms with Crippen LogP contribution in [0.15, 0.2) is 60.7 Å². The van der Waals surface area contributed by atoms with Crippen LogP contribution in [0.25, 0.3) is 0 Å². The molecular weight excluding hydrogens is 540 g/mol. The van der Waals surface area contributed by atoms with Gasteiger partial charge in [-0.05, 0) is 68.3 Å². The third-order valence-electron chi connectivity index (χ3n) is 5.80. The molecule has 0 fully saturated rings. The Morgan fingerprint density at radius 3 is 2.39 bits per heavy atom. The van der Waals surface area contributed by atoms with Crippen molar-refractivity contribution in [1.82, 2.24) is 5.32 Å². The fourth-order valence-corrected chi connectivity index (χ4v) is 4.38. The van der Waals surface area contributed by atoms with Gasteiger partial charge in [0.05, 0.1) is 17.7 Å². The van der Waals surface area contributed by atoms with Crippen LogP contribution < -0.4 is 49.5 Å². The first kappa shape index (κ1) is 30.3. The molecule has 0 bridgehead atoms. The second kappa shape index (κ2) is 13.7. The number of benzene rings is 3. The largest absolute Gasteiger partial charge is 1.00 e. The first-order valence-electron chi connectivity index (χ1n) is 11.9. The zero-order valence-corrected chi connectivity index (χ0v) is 24.8. The normalized spacial score (nSPS) is 15.0. The number of aliphatic carboxylic acids is 1. The molecule has 0 spiro atoms. The number of fused-ring (bicyclic) bond motifs is 1. The zero-order chi connectivity index (χ0) is 26.5. The number of nitrogens with one attached hydrogen (secondary N) is 1. The van der Waals surface area contributed by atoms with Gasteiger partial charge in [-0.25, -0.2) is 0 Å². The van der Waals surface area contributed by atoms with Crippen LogP contribution in [0.1, 0.15) is 47.7 Å². The molecule has 1 amide bonds. The first-order chi connectivity index (χ1) is 17.7. The van der Waals surface area contributed by atoms with Crippen LogP contribution in [0, 0.1) is 0 Å². The van der Waals surface area contributed by atoms with E-state index in [4.69, 9.17) is 37.4 Å². The number of carboxylic acids is 1. The van der Waals surface area contributed by atoms with Gasteiger partial charge in [0.2, 0.25) is 0 Å². The predicted octanol–water partition coefficient (Wildman–Crippen LogP) is 2.13. The molecule has 194 valence electrons. The van der Waals surface area contributed by atoms with Crippen molar-refractivity contribution >= 4 is 35.1 Å². The zero-order valence-electron chi connectivity index (χ0n) is 21.3. The van der Waals surface area contributed by atoms with Gasteiger partial charge in [0.1, 0.15) is 23.5 Å². The van der Waals surface area contributed by atoms with E-state index in [9.17, 15) is 14.7 Å². The molecule has 2 atom stereocenters. The molecule has 0 radical (unpaired) electrons. The van der Waals surface area contributed by atoms with E-state index < -0.39 is 18.1 Å². The topological polar surface area (TPSA) is 96.9 Å². The molecule has 7 nitrogen and oxygen atoms in total. The quantitative estimate of drug-likeness (QED) is 0.315. The number of rotatable bonds is 9. The van der Waals surface area contributed by atoms with Gasteiger partial charge < -0.3 is 29.4 Å². The third kappa shape index (κ3) is 7.88. The molecular formula is C28H26Cl2NNaO6. The molecule has 2 unspecified atom stereocenters. The summed E-state index contributed by atoms with van der Waals surface area (Å²) in [6.07, 6.45) is 0.197. The number of carboxylic acid groups (broad SMARTS) is 1. The molecule has 3 aromatic carbocycles. The minimum absolute atomic E-state index is 0. The van der Waals surface area contributed by atoms with Crippen molar-refractivity contribution in [2.75, 3.05) is 6.61 Å². The van der Waals surface area contributed by atoms with Gasteiger partial charge in [0, 0.05) is 40.5 Å². The van der Waals surface area contributed by atoms with Gasteiger partial charge in [-0.1, -0.05) is 35.3 Å². The van der Waals surface area contributed by atoms with Gasteiger partial charge in [-0.3, -0.25) is 4.79 Å². The van der Waals surface area contributed by atoms with Gasteiger partial charge in [-0.2, -0.15) is 0 Å². The summed E-state index contributed by atoms with van der Waals surface area (Å²) >= 11 is 12.3. The molecule has 1 N–H and O–H groups in total. The van der Waals surface area contributed by atoms with Crippen molar-refractivity contribution in [3.63, 3.8) is 0 Å². The Morgan fingerprint density at radius 1 is 1.08 bits per heavy atom. The second-order valence-corrected chi connectivity index (χ2v) is 9.78. The molecule has 3 aromatic rings. The van der Waals surface area contributed by atoms with Crippen molar-refractivity contribution < 1.29 is 58.5 Å². The molecule has 1 aliphatic heterocycles. The Kier molecular flexibility index (Phi) is 10.9. The van der Waals surface area contributed by atoms with Crippen LogP contribution in [0.2, 0.25) is 10.0 Å². The standard InChI is InChI=1S/C28H27Cl2NO6.Na/c1-16(2)36-26(13-17-3-7-19(29)8-4-17)31-27(32)18-5-9-20(10-6-18)37-25-15-24-22(14-23(25)30)21(28(33)34)11-12-35-24;/h3-10,14-16,21,26H,11-13H2,1-2H3,(H,31,32)(H,33,34);/q;+1/p-1. The molecule has 0 aliphatic carbocycles. The van der Waals surface area contributed by atoms with Crippen molar-refractivity contribution in [3.8, 4) is 17.2 Å². The van der Waals surface area contributed by atoms with Gasteiger partial charge >= 0.3 is 29.6 Å². The minimum atomic E-state index is -1.17. The van der Waals surface area contributed by atoms with Crippen LogP contribution in [0.5, 0.6) is 17.2 Å². The Bertz CT molecular complexity index is 1270. The Morgan fingerprint density at radius 2 is 1.76 bits per heavy atom. The van der Waals surface area contributed by atoms with E-state index in [0.717, 1.165) is 5.56 Å². The monoisotopic (exact) mass is 565 g/mol. The fourth-order valence-electron chi connectivity index (χ4n) is 4.04. The number of carbonyl (C=O) groups excluding carboxylic acids is 2. The fraction of sp³-hybridized carbons (Fsp3) is 0.286. The average molecular weight is 566 g/mol. The molecule has 0 saturated carbocycles. The van der Waals surface area contributed by atoms with E-state index >= 15 is 0 Å². The summed E-state index contributed by atoms with van der Waals surface area (Å²) in [5.41, 5.74) is 1.88. The van der Waals surface area contributed by atoms with E-state index in [0.29, 0.717) is 46.2 Å². The van der Waals surface area contributed by atoms with Crippen LogP contribution in [0.3, 0.4) is 0 Å². The number of ether oxygens (including phenoxy) is 3. The minimum Gasteiger partial charge on any atom is -0.549 e. The number of amides is 1. The summed E-state index contributed by atoms with van der Waals surface area (Å²) in [5.74, 6) is -1.09. The smallest absolute Gasteiger partial charge is 0.549 e. The number of carbonyl (C=O) groups is 2. The number of hydrogen-bond acceptors (Lipinski definition) is 6. The van der Waals surface area contributed by atoms with Gasteiger partial charge in [0.25, 0.3) is 5.91 Å². The summed E-state index contributed by atoms with van der Waals surface area (Å²) in [4.78, 5) is 24.3. The van der Waals surface area contributed by atoms with E-state index in [1.54, 1.807) is 42.5 Å². The van der Waals surface area contributed by atoms with Crippen LogP contribution >= 0.6 is 23.2 Å². The van der Waals surface area contributed by atoms with Crippen LogP contribution in [0.4, 0.5) is 0 Å². The molecule has 4 rings (SSSR count). The summed E-state index contributed by atoms with van der Waals surface area (Å²) in [6, 6.07) is 17.0. The molecule has 38 heavy (non-hydrogen) atoms. The second-order valence-electron chi connectivity index (χ2n) is 8.93. The van der Waals surface area contributed by atoms with Crippen molar-refractivity contribution in [3.05, 3.63) is 87.4 Å². The summed E-state index contributed by atoms with van der Waals surface area (Å²) < 4.78 is 17.4. The molecule has 1 heterocycles. The molecule has 0 aromatic heterocycles. The summed E-state index contributed by atoms with van der Waals surface area (Å²) in [7, 11) is 0. The molecule has 0 saturated heterocycles. The van der Waals surface area contributed by atoms with Gasteiger partial charge in [0.15, 0.2) is 0 Å². The average Bonchev–Trinajstić information content (AvgIpc) is 2.85. The Hall–Kier alpha value is -2.26. The number of halogens is 2. The van der Waals surface area contributed by atoms with Crippen molar-refractivity contribution in [2.45, 2.75) is 44.9 Å². The molecule has 1 aliphatic rings.